The molecule has 1 saturated carbocycles. The Morgan fingerprint density at radius 1 is 1.30 bits per heavy atom. The van der Waals surface area contributed by atoms with E-state index in [1.165, 1.54) is 32.1 Å². The van der Waals surface area contributed by atoms with Crippen LogP contribution in [0.15, 0.2) is 18.3 Å². The fraction of sp³-hybridized carbons (Fsp3) is 0.625. The van der Waals surface area contributed by atoms with Gasteiger partial charge in [-0.05, 0) is 37.8 Å². The van der Waals surface area contributed by atoms with Crippen molar-refractivity contribution < 1.29 is 4.74 Å². The van der Waals surface area contributed by atoms with Gasteiger partial charge in [-0.25, -0.2) is 4.98 Å². The maximum atomic E-state index is 8.79. The van der Waals surface area contributed by atoms with Crippen molar-refractivity contribution in [1.82, 2.24) is 4.98 Å². The van der Waals surface area contributed by atoms with Crippen LogP contribution in [0.2, 0.25) is 0 Å². The Labute approximate surface area is 120 Å². The molecule has 4 nitrogen and oxygen atoms in total. The van der Waals surface area contributed by atoms with E-state index in [1.807, 2.05) is 12.1 Å². The fourth-order valence-corrected chi connectivity index (χ4v) is 3.45. The van der Waals surface area contributed by atoms with Crippen LogP contribution in [-0.4, -0.2) is 23.2 Å². The molecule has 1 aliphatic carbocycles. The van der Waals surface area contributed by atoms with Gasteiger partial charge in [-0.1, -0.05) is 19.3 Å². The van der Waals surface area contributed by atoms with Crippen LogP contribution in [0, 0.1) is 11.3 Å². The van der Waals surface area contributed by atoms with Gasteiger partial charge < -0.3 is 10.1 Å². The molecule has 2 fully saturated rings. The topological polar surface area (TPSA) is 57.9 Å². The lowest BCUT2D eigenvalue weighted by atomic mass is 9.78. The van der Waals surface area contributed by atoms with Crippen molar-refractivity contribution in [3.8, 4) is 6.07 Å². The molecule has 4 heteroatoms. The van der Waals surface area contributed by atoms with Crippen molar-refractivity contribution in [2.45, 2.75) is 56.6 Å². The first-order chi connectivity index (χ1) is 9.80. The average Bonchev–Trinajstić information content (AvgIpc) is 2.49. The summed E-state index contributed by atoms with van der Waals surface area (Å²) in [5.74, 6) is 0.863. The van der Waals surface area contributed by atoms with E-state index in [1.54, 1.807) is 6.20 Å². The Balaban J connectivity index is 1.63. The van der Waals surface area contributed by atoms with E-state index >= 15 is 0 Å². The van der Waals surface area contributed by atoms with E-state index in [2.05, 4.69) is 16.4 Å². The molecule has 1 aromatic rings. The van der Waals surface area contributed by atoms with Gasteiger partial charge in [-0.3, -0.25) is 0 Å². The summed E-state index contributed by atoms with van der Waals surface area (Å²) in [6.07, 6.45) is 10.1. The molecule has 0 radical (unpaired) electrons. The first-order valence-corrected chi connectivity index (χ1v) is 7.56. The number of ether oxygens (including phenoxy) is 1. The molecule has 3 rings (SSSR count). The summed E-state index contributed by atoms with van der Waals surface area (Å²) in [5.41, 5.74) is 0.715. The van der Waals surface area contributed by atoms with Crippen molar-refractivity contribution in [3.63, 3.8) is 0 Å². The number of pyridine rings is 1. The predicted molar refractivity (Wildman–Crippen MR) is 77.4 cm³/mol. The Hall–Kier alpha value is -1.60. The third-order valence-corrected chi connectivity index (χ3v) is 4.50. The molecule has 1 atom stereocenters. The second kappa shape index (κ2) is 5.80. The molecule has 0 amide bonds. The van der Waals surface area contributed by atoms with E-state index in [0.717, 1.165) is 25.3 Å². The first kappa shape index (κ1) is 13.4. The zero-order chi connectivity index (χ0) is 13.8. The van der Waals surface area contributed by atoms with E-state index in [-0.39, 0.29) is 5.60 Å². The number of nitrogens with zero attached hydrogens (tertiary/aromatic N) is 2. The molecule has 106 valence electrons. The molecule has 1 saturated heterocycles. The molecular formula is C16H21N3O. The molecule has 2 heterocycles. The lowest BCUT2D eigenvalue weighted by molar-refractivity contribution is -0.103. The maximum Gasteiger partial charge on any atom is 0.126 e. The highest BCUT2D eigenvalue weighted by atomic mass is 16.5. The highest BCUT2D eigenvalue weighted by molar-refractivity contribution is 5.39. The van der Waals surface area contributed by atoms with E-state index in [4.69, 9.17) is 10.00 Å². The van der Waals surface area contributed by atoms with E-state index in [0.29, 0.717) is 11.6 Å². The van der Waals surface area contributed by atoms with Crippen LogP contribution in [0.3, 0.4) is 0 Å². The molecule has 0 aromatic carbocycles. The largest absolute Gasteiger partial charge is 0.375 e. The number of nitriles is 1. The second-order valence-corrected chi connectivity index (χ2v) is 5.97. The molecular weight excluding hydrogens is 250 g/mol. The minimum Gasteiger partial charge on any atom is -0.375 e. The van der Waals surface area contributed by atoms with Crippen LogP contribution in [0.1, 0.15) is 50.5 Å². The summed E-state index contributed by atoms with van der Waals surface area (Å²) in [7, 11) is 0. The van der Waals surface area contributed by atoms with Crippen molar-refractivity contribution in [3.05, 3.63) is 23.9 Å². The van der Waals surface area contributed by atoms with Gasteiger partial charge >= 0.3 is 0 Å². The average molecular weight is 271 g/mol. The van der Waals surface area contributed by atoms with Gasteiger partial charge in [0.25, 0.3) is 0 Å². The summed E-state index contributed by atoms with van der Waals surface area (Å²) in [5, 5.41) is 12.3. The monoisotopic (exact) mass is 271 g/mol. The van der Waals surface area contributed by atoms with Gasteiger partial charge in [0.2, 0.25) is 0 Å². The normalized spacial score (nSPS) is 25.1. The molecule has 1 N–H and O–H groups in total. The summed E-state index contributed by atoms with van der Waals surface area (Å²) >= 11 is 0. The van der Waals surface area contributed by atoms with Crippen LogP contribution in [0.25, 0.3) is 0 Å². The molecule has 2 aliphatic rings. The molecule has 1 aliphatic heterocycles. The Bertz CT molecular complexity index is 480. The zero-order valence-electron chi connectivity index (χ0n) is 11.8. The Morgan fingerprint density at radius 3 is 2.85 bits per heavy atom. The van der Waals surface area contributed by atoms with Crippen LogP contribution < -0.4 is 5.32 Å². The summed E-state index contributed by atoms with van der Waals surface area (Å²) in [6, 6.07) is 6.23. The van der Waals surface area contributed by atoms with E-state index in [9.17, 15) is 0 Å². The quantitative estimate of drug-likeness (QED) is 0.897. The van der Waals surface area contributed by atoms with Gasteiger partial charge in [0.1, 0.15) is 11.9 Å². The second-order valence-electron chi connectivity index (χ2n) is 5.97. The van der Waals surface area contributed by atoms with Gasteiger partial charge in [-0.15, -0.1) is 0 Å². The first-order valence-electron chi connectivity index (χ1n) is 7.56. The van der Waals surface area contributed by atoms with Gasteiger partial charge in [0.05, 0.1) is 11.2 Å². The summed E-state index contributed by atoms with van der Waals surface area (Å²) in [4.78, 5) is 4.30. The highest BCUT2D eigenvalue weighted by Gasteiger charge is 2.38. The lowest BCUT2D eigenvalue weighted by Gasteiger charge is -2.43. The third-order valence-electron chi connectivity index (χ3n) is 4.50. The van der Waals surface area contributed by atoms with Crippen molar-refractivity contribution in [2.24, 2.45) is 0 Å². The Morgan fingerprint density at radius 2 is 2.15 bits per heavy atom. The number of aromatic nitrogens is 1. The molecule has 0 bridgehead atoms. The third kappa shape index (κ3) is 2.94. The van der Waals surface area contributed by atoms with Gasteiger partial charge in [0.15, 0.2) is 0 Å². The van der Waals surface area contributed by atoms with Crippen LogP contribution in [0.5, 0.6) is 0 Å². The van der Waals surface area contributed by atoms with Crippen molar-refractivity contribution in [1.29, 1.82) is 5.26 Å². The van der Waals surface area contributed by atoms with Crippen LogP contribution >= 0.6 is 0 Å². The number of hydrogen-bond acceptors (Lipinski definition) is 4. The summed E-state index contributed by atoms with van der Waals surface area (Å²) < 4.78 is 6.11. The van der Waals surface area contributed by atoms with Crippen LogP contribution in [-0.2, 0) is 4.74 Å². The smallest absolute Gasteiger partial charge is 0.126 e. The molecule has 0 unspecified atom stereocenters. The predicted octanol–water partition coefficient (Wildman–Crippen LogP) is 3.25. The number of rotatable bonds is 2. The standard InChI is InChI=1S/C16H21N3O/c17-11-13-4-5-15(18-12-13)19-14-6-9-20-16(10-14)7-2-1-3-8-16/h4-5,12,14H,1-3,6-10H2,(H,18,19)/t14-/m0/s1. The number of nitrogens with one attached hydrogen (secondary N) is 1. The zero-order valence-corrected chi connectivity index (χ0v) is 11.8. The molecule has 1 aromatic heterocycles. The fourth-order valence-electron chi connectivity index (χ4n) is 3.45. The maximum absolute atomic E-state index is 8.79. The van der Waals surface area contributed by atoms with E-state index < -0.39 is 0 Å². The lowest BCUT2D eigenvalue weighted by Crippen LogP contribution is -2.45. The van der Waals surface area contributed by atoms with Crippen LogP contribution in [0.4, 0.5) is 5.82 Å². The van der Waals surface area contributed by atoms with Crippen molar-refractivity contribution in [2.75, 3.05) is 11.9 Å². The SMILES string of the molecule is N#Cc1ccc(N[C@H]2CCOC3(CCCCC3)C2)nc1. The number of hydrogen-bond donors (Lipinski definition) is 1. The minimum absolute atomic E-state index is 0.112. The van der Waals surface area contributed by atoms with Crippen molar-refractivity contribution >= 4 is 5.82 Å². The van der Waals surface area contributed by atoms with Gasteiger partial charge in [-0.2, -0.15) is 5.26 Å². The number of anilines is 1. The van der Waals surface area contributed by atoms with Gasteiger partial charge in [0, 0.05) is 18.8 Å². The molecule has 20 heavy (non-hydrogen) atoms. The molecule has 1 spiro atoms. The summed E-state index contributed by atoms with van der Waals surface area (Å²) in [6.45, 7) is 0.841. The minimum atomic E-state index is 0.112. The highest BCUT2D eigenvalue weighted by Crippen LogP contribution is 2.39. The Kier molecular flexibility index (Phi) is 3.88.